The number of ether oxygens (including phenoxy) is 1. The summed E-state index contributed by atoms with van der Waals surface area (Å²) < 4.78 is 48.1. The van der Waals surface area contributed by atoms with Gasteiger partial charge in [-0.3, -0.25) is 9.38 Å². The summed E-state index contributed by atoms with van der Waals surface area (Å²) >= 11 is 0. The maximum atomic E-state index is 14.2. The van der Waals surface area contributed by atoms with E-state index in [1.807, 2.05) is 0 Å². The van der Waals surface area contributed by atoms with Gasteiger partial charge in [0.15, 0.2) is 5.65 Å². The van der Waals surface area contributed by atoms with Gasteiger partial charge in [0.05, 0.1) is 7.11 Å². The highest BCUT2D eigenvalue weighted by atomic mass is 19.3. The summed E-state index contributed by atoms with van der Waals surface area (Å²) in [5.74, 6) is 0.597. The molecular formula is C21H18F3N5O. The van der Waals surface area contributed by atoms with Crippen molar-refractivity contribution < 1.29 is 17.9 Å². The van der Waals surface area contributed by atoms with Crippen LogP contribution in [0.4, 0.5) is 19.0 Å². The van der Waals surface area contributed by atoms with E-state index < -0.39 is 12.2 Å². The Morgan fingerprint density at radius 1 is 1.10 bits per heavy atom. The fourth-order valence-corrected chi connectivity index (χ4v) is 3.32. The molecular weight excluding hydrogens is 395 g/mol. The number of alkyl halides is 2. The van der Waals surface area contributed by atoms with Crippen molar-refractivity contribution in [2.24, 2.45) is 0 Å². The number of halogens is 3. The predicted molar refractivity (Wildman–Crippen MR) is 106 cm³/mol. The van der Waals surface area contributed by atoms with Gasteiger partial charge >= 0.3 is 0 Å². The second-order valence-electron chi connectivity index (χ2n) is 6.62. The van der Waals surface area contributed by atoms with Crippen LogP contribution < -0.4 is 10.1 Å². The zero-order valence-corrected chi connectivity index (χ0v) is 16.2. The van der Waals surface area contributed by atoms with Gasteiger partial charge in [-0.1, -0.05) is 12.1 Å². The zero-order valence-electron chi connectivity index (χ0n) is 16.2. The van der Waals surface area contributed by atoms with Crippen LogP contribution in [0.25, 0.3) is 16.8 Å². The topological polar surface area (TPSA) is 64.3 Å². The van der Waals surface area contributed by atoms with Gasteiger partial charge in [-0.2, -0.15) is 0 Å². The molecule has 0 aliphatic heterocycles. The summed E-state index contributed by atoms with van der Waals surface area (Å²) in [7, 11) is 1.47. The van der Waals surface area contributed by atoms with Crippen LogP contribution in [0, 0.1) is 12.7 Å². The standard InChI is InChI=1S/C21H18F3N5O/c1-12-6-7-13(19(27-12)20(23)24)14-8-9-18(29-11-26-28-21(14)29)25-10-15-16(22)4-3-5-17(15)30-2/h3-9,11,20,25H,10H2,1-2H3. The van der Waals surface area contributed by atoms with Crippen LogP contribution in [0.5, 0.6) is 5.75 Å². The first-order valence-corrected chi connectivity index (χ1v) is 9.13. The average molecular weight is 413 g/mol. The number of pyridine rings is 2. The maximum Gasteiger partial charge on any atom is 0.280 e. The molecule has 0 radical (unpaired) electrons. The first kappa shape index (κ1) is 19.7. The lowest BCUT2D eigenvalue weighted by Crippen LogP contribution is -2.07. The van der Waals surface area contributed by atoms with Gasteiger partial charge in [0.1, 0.15) is 29.4 Å². The van der Waals surface area contributed by atoms with E-state index in [0.717, 1.165) is 0 Å². The minimum atomic E-state index is -2.73. The molecule has 4 rings (SSSR count). The Balaban J connectivity index is 1.73. The SMILES string of the molecule is COc1cccc(F)c1CNc1ccc(-c2ccc(C)nc2C(F)F)c2nncn12. The Labute approximate surface area is 170 Å². The Bertz CT molecular complexity index is 1210. The summed E-state index contributed by atoms with van der Waals surface area (Å²) in [6.07, 6.45) is -1.27. The molecule has 0 atom stereocenters. The van der Waals surface area contributed by atoms with E-state index in [4.69, 9.17) is 4.74 Å². The van der Waals surface area contributed by atoms with Crippen molar-refractivity contribution in [3.05, 3.63) is 71.6 Å². The fourth-order valence-electron chi connectivity index (χ4n) is 3.32. The van der Waals surface area contributed by atoms with Crippen molar-refractivity contribution in [2.45, 2.75) is 19.9 Å². The molecule has 0 spiro atoms. The molecule has 4 aromatic rings. The van der Waals surface area contributed by atoms with Gasteiger partial charge in [-0.15, -0.1) is 10.2 Å². The number of methoxy groups -OCH3 is 1. The molecule has 0 amide bonds. The highest BCUT2D eigenvalue weighted by Crippen LogP contribution is 2.33. The maximum absolute atomic E-state index is 14.2. The van der Waals surface area contributed by atoms with Crippen LogP contribution in [0.2, 0.25) is 0 Å². The molecule has 0 saturated heterocycles. The van der Waals surface area contributed by atoms with Crippen LogP contribution in [0.3, 0.4) is 0 Å². The molecule has 0 unspecified atom stereocenters. The molecule has 3 aromatic heterocycles. The Hall–Kier alpha value is -3.62. The third kappa shape index (κ3) is 3.54. The second-order valence-corrected chi connectivity index (χ2v) is 6.62. The van der Waals surface area contributed by atoms with Crippen LogP contribution in [-0.4, -0.2) is 26.7 Å². The highest BCUT2D eigenvalue weighted by molar-refractivity contribution is 5.80. The quantitative estimate of drug-likeness (QED) is 0.492. The zero-order chi connectivity index (χ0) is 21.3. The molecule has 0 aliphatic carbocycles. The number of nitrogens with zero attached hydrogens (tertiary/aromatic N) is 4. The number of hydrogen-bond donors (Lipinski definition) is 1. The molecule has 154 valence electrons. The highest BCUT2D eigenvalue weighted by Gasteiger charge is 2.20. The lowest BCUT2D eigenvalue weighted by molar-refractivity contribution is 0.146. The number of rotatable bonds is 6. The smallest absolute Gasteiger partial charge is 0.280 e. The normalized spacial score (nSPS) is 11.3. The minimum absolute atomic E-state index is 0.150. The number of nitrogens with one attached hydrogen (secondary N) is 1. The third-order valence-electron chi connectivity index (χ3n) is 4.76. The summed E-state index contributed by atoms with van der Waals surface area (Å²) in [6.45, 7) is 1.81. The second kappa shape index (κ2) is 8.02. The third-order valence-corrected chi connectivity index (χ3v) is 4.76. The molecule has 9 heteroatoms. The number of benzene rings is 1. The molecule has 30 heavy (non-hydrogen) atoms. The lowest BCUT2D eigenvalue weighted by atomic mass is 10.0. The minimum Gasteiger partial charge on any atom is -0.496 e. The molecule has 0 aliphatic rings. The van der Waals surface area contributed by atoms with Gasteiger partial charge in [0, 0.05) is 28.9 Å². The van der Waals surface area contributed by atoms with Crippen molar-refractivity contribution in [1.82, 2.24) is 19.6 Å². The summed E-state index contributed by atoms with van der Waals surface area (Å²) in [5, 5.41) is 11.1. The molecule has 1 N–H and O–H groups in total. The fraction of sp³-hybridized carbons (Fsp3) is 0.190. The van der Waals surface area contributed by atoms with E-state index in [1.54, 1.807) is 47.7 Å². The van der Waals surface area contributed by atoms with Crippen molar-refractivity contribution >= 4 is 11.5 Å². The predicted octanol–water partition coefficient (Wildman–Crippen LogP) is 4.80. The van der Waals surface area contributed by atoms with Gasteiger partial charge in [-0.05, 0) is 37.3 Å². The van der Waals surface area contributed by atoms with Gasteiger partial charge in [-0.25, -0.2) is 13.2 Å². The summed E-state index contributed by atoms with van der Waals surface area (Å²) in [5.41, 5.74) is 1.71. The molecule has 0 fully saturated rings. The number of anilines is 1. The van der Waals surface area contributed by atoms with Crippen LogP contribution in [0.1, 0.15) is 23.4 Å². The Kier molecular flexibility index (Phi) is 5.26. The van der Waals surface area contributed by atoms with Crippen molar-refractivity contribution in [2.75, 3.05) is 12.4 Å². The average Bonchev–Trinajstić information content (AvgIpc) is 3.23. The Morgan fingerprint density at radius 2 is 1.90 bits per heavy atom. The summed E-state index contributed by atoms with van der Waals surface area (Å²) in [4.78, 5) is 3.99. The van der Waals surface area contributed by atoms with E-state index in [0.29, 0.717) is 34.0 Å². The van der Waals surface area contributed by atoms with Crippen LogP contribution >= 0.6 is 0 Å². The van der Waals surface area contributed by atoms with Crippen molar-refractivity contribution in [3.8, 4) is 16.9 Å². The van der Waals surface area contributed by atoms with Gasteiger partial charge in [0.2, 0.25) is 0 Å². The lowest BCUT2D eigenvalue weighted by Gasteiger charge is -2.14. The van der Waals surface area contributed by atoms with Crippen molar-refractivity contribution in [3.63, 3.8) is 0 Å². The van der Waals surface area contributed by atoms with Crippen molar-refractivity contribution in [1.29, 1.82) is 0 Å². The molecule has 0 bridgehead atoms. The summed E-state index contributed by atoms with van der Waals surface area (Å²) in [6, 6.07) is 11.2. The molecule has 1 aromatic carbocycles. The van der Waals surface area contributed by atoms with E-state index in [2.05, 4.69) is 20.5 Å². The van der Waals surface area contributed by atoms with E-state index in [1.165, 1.54) is 19.5 Å². The van der Waals surface area contributed by atoms with Crippen LogP contribution in [-0.2, 0) is 6.54 Å². The van der Waals surface area contributed by atoms with Gasteiger partial charge in [0.25, 0.3) is 6.43 Å². The van der Waals surface area contributed by atoms with E-state index >= 15 is 0 Å². The first-order valence-electron chi connectivity index (χ1n) is 9.13. The molecule has 3 heterocycles. The number of hydrogen-bond acceptors (Lipinski definition) is 5. The van der Waals surface area contributed by atoms with E-state index in [9.17, 15) is 13.2 Å². The molecule has 6 nitrogen and oxygen atoms in total. The molecule has 0 saturated carbocycles. The van der Waals surface area contributed by atoms with Crippen LogP contribution in [0.15, 0.2) is 48.8 Å². The Morgan fingerprint density at radius 3 is 2.67 bits per heavy atom. The van der Waals surface area contributed by atoms with E-state index in [-0.39, 0.29) is 17.8 Å². The number of aromatic nitrogens is 4. The number of fused-ring (bicyclic) bond motifs is 1. The van der Waals surface area contributed by atoms with Gasteiger partial charge < -0.3 is 10.1 Å². The number of aryl methyl sites for hydroxylation is 1. The monoisotopic (exact) mass is 413 g/mol. The largest absolute Gasteiger partial charge is 0.496 e. The first-order chi connectivity index (χ1) is 14.5.